The van der Waals surface area contributed by atoms with Crippen LogP contribution in [0.4, 0.5) is 0 Å². The highest BCUT2D eigenvalue weighted by Gasteiger charge is 2.05. The first-order valence-electron chi connectivity index (χ1n) is 4.43. The monoisotopic (exact) mass is 222 g/mol. The number of benzene rings is 1. The van der Waals surface area contributed by atoms with Crippen LogP contribution in [0.15, 0.2) is 18.2 Å². The van der Waals surface area contributed by atoms with Gasteiger partial charge in [0.2, 0.25) is 0 Å². The number of ether oxygens (including phenoxy) is 1. The second-order valence-electron chi connectivity index (χ2n) is 2.96. The zero-order valence-electron chi connectivity index (χ0n) is 8.63. The zero-order valence-corrected chi connectivity index (χ0v) is 9.39. The second-order valence-corrected chi connectivity index (χ2v) is 3.22. The minimum atomic E-state index is -0.338. The van der Waals surface area contributed by atoms with Crippen LogP contribution in [0.5, 0.6) is 0 Å². The fourth-order valence-corrected chi connectivity index (χ4v) is 1.24. The van der Waals surface area contributed by atoms with Crippen molar-refractivity contribution < 1.29 is 9.53 Å². The number of carbonyl (C=O) groups excluding carboxylic acids is 1. The molecular weight excluding hydrogens is 212 g/mol. The molecule has 78 valence electrons. The maximum absolute atomic E-state index is 11.2. The number of halogens is 1. The van der Waals surface area contributed by atoms with Gasteiger partial charge in [0.25, 0.3) is 0 Å². The molecule has 0 aromatic heterocycles. The first-order valence-corrected chi connectivity index (χ1v) is 4.96. The molecule has 1 aromatic rings. The van der Waals surface area contributed by atoms with Crippen LogP contribution in [0, 0.1) is 18.8 Å². The normalized spacial score (nSPS) is 9.00. The van der Waals surface area contributed by atoms with E-state index in [1.807, 2.05) is 6.92 Å². The summed E-state index contributed by atoms with van der Waals surface area (Å²) in [7, 11) is 1.36. The number of methoxy groups -OCH3 is 1. The van der Waals surface area contributed by atoms with E-state index in [0.717, 1.165) is 11.1 Å². The summed E-state index contributed by atoms with van der Waals surface area (Å²) in [6, 6.07) is 5.24. The summed E-state index contributed by atoms with van der Waals surface area (Å²) < 4.78 is 4.62. The molecule has 0 bridgehead atoms. The molecule has 0 unspecified atom stereocenters. The van der Waals surface area contributed by atoms with Crippen molar-refractivity contribution in [1.29, 1.82) is 0 Å². The highest BCUT2D eigenvalue weighted by Crippen LogP contribution is 2.10. The molecule has 0 heterocycles. The molecule has 0 saturated carbocycles. The summed E-state index contributed by atoms with van der Waals surface area (Å²) >= 11 is 5.46. The van der Waals surface area contributed by atoms with Crippen LogP contribution in [0.3, 0.4) is 0 Å². The third-order valence-corrected chi connectivity index (χ3v) is 2.07. The molecule has 1 rings (SSSR count). The molecule has 0 spiro atoms. The van der Waals surface area contributed by atoms with Crippen molar-refractivity contribution in [2.45, 2.75) is 6.92 Å². The topological polar surface area (TPSA) is 26.3 Å². The fourth-order valence-electron chi connectivity index (χ4n) is 1.18. The lowest BCUT2D eigenvalue weighted by molar-refractivity contribution is 0.0600. The van der Waals surface area contributed by atoms with Gasteiger partial charge in [0.1, 0.15) is 0 Å². The maximum atomic E-state index is 11.2. The highest BCUT2D eigenvalue weighted by molar-refractivity contribution is 6.19. The van der Waals surface area contributed by atoms with Crippen molar-refractivity contribution in [3.8, 4) is 11.8 Å². The Morgan fingerprint density at radius 2 is 2.27 bits per heavy atom. The minimum absolute atomic E-state index is 0.304. The van der Waals surface area contributed by atoms with Gasteiger partial charge in [0, 0.05) is 5.56 Å². The van der Waals surface area contributed by atoms with E-state index >= 15 is 0 Å². The van der Waals surface area contributed by atoms with Gasteiger partial charge in [-0.05, 0) is 30.7 Å². The number of hydrogen-bond acceptors (Lipinski definition) is 2. The number of aryl methyl sites for hydroxylation is 1. The van der Waals surface area contributed by atoms with E-state index in [-0.39, 0.29) is 5.97 Å². The van der Waals surface area contributed by atoms with Crippen molar-refractivity contribution in [3.63, 3.8) is 0 Å². The number of hydrogen-bond donors (Lipinski definition) is 0. The van der Waals surface area contributed by atoms with E-state index in [2.05, 4.69) is 16.6 Å². The standard InChI is InChI=1S/C12H11ClO2/c1-9-8-11(12(14)15-2)6-5-10(9)4-3-7-13/h5-6,8H,7H2,1-2H3. The average Bonchev–Trinajstić information content (AvgIpc) is 2.26. The lowest BCUT2D eigenvalue weighted by Gasteiger charge is -2.02. The Morgan fingerprint density at radius 1 is 1.53 bits per heavy atom. The molecule has 0 fully saturated rings. The van der Waals surface area contributed by atoms with Crippen LogP contribution in [-0.4, -0.2) is 19.0 Å². The third kappa shape index (κ3) is 3.00. The summed E-state index contributed by atoms with van der Waals surface area (Å²) in [4.78, 5) is 11.2. The SMILES string of the molecule is COC(=O)c1ccc(C#CCCl)c(C)c1. The third-order valence-electron chi connectivity index (χ3n) is 1.94. The van der Waals surface area contributed by atoms with E-state index in [1.165, 1.54) is 7.11 Å². The van der Waals surface area contributed by atoms with Gasteiger partial charge in [-0.1, -0.05) is 11.8 Å². The molecule has 1 aromatic carbocycles. The van der Waals surface area contributed by atoms with E-state index < -0.39 is 0 Å². The van der Waals surface area contributed by atoms with E-state index in [4.69, 9.17) is 11.6 Å². The number of esters is 1. The summed E-state index contributed by atoms with van der Waals surface area (Å²) in [6.45, 7) is 1.89. The van der Waals surface area contributed by atoms with Gasteiger partial charge in [-0.25, -0.2) is 4.79 Å². The molecule has 0 aliphatic rings. The van der Waals surface area contributed by atoms with Crippen LogP contribution >= 0.6 is 11.6 Å². The molecule has 15 heavy (non-hydrogen) atoms. The summed E-state index contributed by atoms with van der Waals surface area (Å²) in [5.74, 6) is 5.65. The van der Waals surface area contributed by atoms with Crippen molar-refractivity contribution in [2.75, 3.05) is 13.0 Å². The summed E-state index contributed by atoms with van der Waals surface area (Å²) in [6.07, 6.45) is 0. The summed E-state index contributed by atoms with van der Waals surface area (Å²) in [5, 5.41) is 0. The van der Waals surface area contributed by atoms with Crippen molar-refractivity contribution in [2.24, 2.45) is 0 Å². The minimum Gasteiger partial charge on any atom is -0.465 e. The Balaban J connectivity index is 3.03. The van der Waals surface area contributed by atoms with E-state index in [9.17, 15) is 4.79 Å². The van der Waals surface area contributed by atoms with Crippen molar-refractivity contribution in [3.05, 3.63) is 34.9 Å². The number of carbonyl (C=O) groups is 1. The quantitative estimate of drug-likeness (QED) is 0.414. The van der Waals surface area contributed by atoms with E-state index in [1.54, 1.807) is 18.2 Å². The molecule has 0 saturated heterocycles. The zero-order chi connectivity index (χ0) is 11.3. The Hall–Kier alpha value is -1.46. The Kier molecular flexibility index (Phi) is 4.20. The number of alkyl halides is 1. The fraction of sp³-hybridized carbons (Fsp3) is 0.250. The van der Waals surface area contributed by atoms with Crippen LogP contribution in [0.25, 0.3) is 0 Å². The lowest BCUT2D eigenvalue weighted by atomic mass is 10.1. The predicted molar refractivity (Wildman–Crippen MR) is 60.1 cm³/mol. The van der Waals surface area contributed by atoms with Gasteiger partial charge in [0.05, 0.1) is 18.6 Å². The van der Waals surface area contributed by atoms with Gasteiger partial charge in [-0.15, -0.1) is 11.6 Å². The van der Waals surface area contributed by atoms with Crippen LogP contribution in [-0.2, 0) is 4.74 Å². The van der Waals surface area contributed by atoms with Crippen LogP contribution < -0.4 is 0 Å². The largest absolute Gasteiger partial charge is 0.465 e. The van der Waals surface area contributed by atoms with Gasteiger partial charge >= 0.3 is 5.97 Å². The molecule has 0 aliphatic carbocycles. The molecule has 0 amide bonds. The predicted octanol–water partition coefficient (Wildman–Crippen LogP) is 2.37. The molecule has 3 heteroatoms. The van der Waals surface area contributed by atoms with Crippen molar-refractivity contribution in [1.82, 2.24) is 0 Å². The molecule has 0 atom stereocenters. The van der Waals surface area contributed by atoms with Gasteiger partial charge in [-0.2, -0.15) is 0 Å². The first-order chi connectivity index (χ1) is 7.19. The van der Waals surface area contributed by atoms with Crippen LogP contribution in [0.1, 0.15) is 21.5 Å². The van der Waals surface area contributed by atoms with Gasteiger partial charge in [0.15, 0.2) is 0 Å². The van der Waals surface area contributed by atoms with Crippen molar-refractivity contribution >= 4 is 17.6 Å². The van der Waals surface area contributed by atoms with Crippen LogP contribution in [0.2, 0.25) is 0 Å². The average molecular weight is 223 g/mol. The smallest absolute Gasteiger partial charge is 0.337 e. The lowest BCUT2D eigenvalue weighted by Crippen LogP contribution is -2.01. The summed E-state index contributed by atoms with van der Waals surface area (Å²) in [5.41, 5.74) is 2.35. The molecule has 2 nitrogen and oxygen atoms in total. The van der Waals surface area contributed by atoms with Gasteiger partial charge in [-0.3, -0.25) is 0 Å². The second kappa shape index (κ2) is 5.43. The Bertz CT molecular complexity index is 427. The van der Waals surface area contributed by atoms with E-state index in [0.29, 0.717) is 11.4 Å². The molecule has 0 radical (unpaired) electrons. The molecule has 0 N–H and O–H groups in total. The molecule has 0 aliphatic heterocycles. The highest BCUT2D eigenvalue weighted by atomic mass is 35.5. The maximum Gasteiger partial charge on any atom is 0.337 e. The molecular formula is C12H11ClO2. The number of rotatable bonds is 1. The first kappa shape index (κ1) is 11.6. The Morgan fingerprint density at radius 3 is 2.80 bits per heavy atom. The van der Waals surface area contributed by atoms with Gasteiger partial charge < -0.3 is 4.74 Å². The Labute approximate surface area is 94.2 Å².